The van der Waals surface area contributed by atoms with Crippen LogP contribution in [0.15, 0.2) is 47.5 Å². The van der Waals surface area contributed by atoms with Gasteiger partial charge in [0.05, 0.1) is 13.2 Å². The Labute approximate surface area is 172 Å². The Kier molecular flexibility index (Phi) is 8.58. The largest absolute Gasteiger partial charge is 0.493 e. The van der Waals surface area contributed by atoms with Crippen LogP contribution in [-0.4, -0.2) is 32.1 Å². The number of aliphatic imine (C=N–C) groups is 1. The van der Waals surface area contributed by atoms with Crippen molar-refractivity contribution in [3.8, 4) is 18.1 Å². The van der Waals surface area contributed by atoms with Gasteiger partial charge in [-0.25, -0.2) is 0 Å². The first-order valence-electron chi connectivity index (χ1n) is 9.59. The van der Waals surface area contributed by atoms with Gasteiger partial charge in [-0.15, -0.1) is 6.42 Å². The standard InChI is InChI=1S/C23H28N4O2/c1-5-12-29-21-13-17(3)10-11-19(21)15-25-23(24-4)26-16-22(28)27-20-9-7-8-18(6-2)14-20/h2,7-11,13-14H,5,12,15-16H2,1,3-4H3,(H,27,28)(H2,24,25,26). The third-order valence-electron chi connectivity index (χ3n) is 4.08. The summed E-state index contributed by atoms with van der Waals surface area (Å²) in [5.74, 6) is 3.75. The van der Waals surface area contributed by atoms with E-state index in [0.29, 0.717) is 30.4 Å². The zero-order valence-corrected chi connectivity index (χ0v) is 17.2. The van der Waals surface area contributed by atoms with Gasteiger partial charge in [-0.2, -0.15) is 0 Å². The fourth-order valence-corrected chi connectivity index (χ4v) is 2.61. The summed E-state index contributed by atoms with van der Waals surface area (Å²) < 4.78 is 5.84. The molecule has 0 saturated heterocycles. The first kappa shape index (κ1) is 21.8. The molecular weight excluding hydrogens is 364 g/mol. The summed E-state index contributed by atoms with van der Waals surface area (Å²) in [6.45, 7) is 5.39. The highest BCUT2D eigenvalue weighted by atomic mass is 16.5. The van der Waals surface area contributed by atoms with Crippen LogP contribution in [0.3, 0.4) is 0 Å². The van der Waals surface area contributed by atoms with Gasteiger partial charge in [-0.05, 0) is 43.2 Å². The summed E-state index contributed by atoms with van der Waals surface area (Å²) in [5.41, 5.74) is 3.55. The SMILES string of the molecule is C#Cc1cccc(NC(=O)CNC(=NC)NCc2ccc(C)cc2OCCC)c1. The molecule has 3 N–H and O–H groups in total. The predicted octanol–water partition coefficient (Wildman–Crippen LogP) is 3.07. The number of aryl methyl sites for hydroxylation is 1. The maximum atomic E-state index is 12.2. The van der Waals surface area contributed by atoms with Crippen LogP contribution in [0.1, 0.15) is 30.0 Å². The minimum atomic E-state index is -0.190. The lowest BCUT2D eigenvalue weighted by atomic mass is 10.1. The van der Waals surface area contributed by atoms with Gasteiger partial charge < -0.3 is 20.7 Å². The van der Waals surface area contributed by atoms with Gasteiger partial charge in [-0.1, -0.05) is 31.0 Å². The molecule has 0 aromatic heterocycles. The molecule has 0 fully saturated rings. The van der Waals surface area contributed by atoms with Crippen molar-refractivity contribution < 1.29 is 9.53 Å². The van der Waals surface area contributed by atoms with Gasteiger partial charge >= 0.3 is 0 Å². The van der Waals surface area contributed by atoms with Crippen LogP contribution in [-0.2, 0) is 11.3 Å². The summed E-state index contributed by atoms with van der Waals surface area (Å²) in [6.07, 6.45) is 6.33. The molecule has 0 aliphatic heterocycles. The molecule has 6 heteroatoms. The summed E-state index contributed by atoms with van der Waals surface area (Å²) in [6, 6.07) is 13.3. The minimum Gasteiger partial charge on any atom is -0.493 e. The van der Waals surface area contributed by atoms with Crippen molar-refractivity contribution in [1.82, 2.24) is 10.6 Å². The van der Waals surface area contributed by atoms with Crippen LogP contribution >= 0.6 is 0 Å². The van der Waals surface area contributed by atoms with Crippen molar-refractivity contribution in [3.63, 3.8) is 0 Å². The molecule has 0 saturated carbocycles. The molecule has 152 valence electrons. The number of nitrogens with zero attached hydrogens (tertiary/aromatic N) is 1. The summed E-state index contributed by atoms with van der Waals surface area (Å²) >= 11 is 0. The van der Waals surface area contributed by atoms with Crippen LogP contribution in [0.5, 0.6) is 5.75 Å². The van der Waals surface area contributed by atoms with E-state index in [0.717, 1.165) is 23.3 Å². The van der Waals surface area contributed by atoms with Crippen molar-refractivity contribution in [2.45, 2.75) is 26.8 Å². The molecule has 2 aromatic carbocycles. The maximum absolute atomic E-state index is 12.2. The topological polar surface area (TPSA) is 74.8 Å². The summed E-state index contributed by atoms with van der Waals surface area (Å²) in [4.78, 5) is 16.4. The first-order valence-corrected chi connectivity index (χ1v) is 9.59. The van der Waals surface area contributed by atoms with Gasteiger partial charge in [-0.3, -0.25) is 9.79 Å². The van der Waals surface area contributed by atoms with E-state index in [2.05, 4.69) is 33.8 Å². The lowest BCUT2D eigenvalue weighted by Crippen LogP contribution is -2.41. The number of guanidine groups is 1. The molecule has 0 aliphatic carbocycles. The van der Waals surface area contributed by atoms with E-state index in [-0.39, 0.29) is 12.5 Å². The van der Waals surface area contributed by atoms with Crippen LogP contribution < -0.4 is 20.7 Å². The Morgan fingerprint density at radius 1 is 1.21 bits per heavy atom. The number of nitrogens with one attached hydrogen (secondary N) is 3. The lowest BCUT2D eigenvalue weighted by molar-refractivity contribution is -0.115. The zero-order chi connectivity index (χ0) is 21.1. The van der Waals surface area contributed by atoms with Gasteiger partial charge in [0.25, 0.3) is 0 Å². The molecule has 2 aromatic rings. The van der Waals surface area contributed by atoms with Gasteiger partial charge in [0.1, 0.15) is 5.75 Å². The molecule has 0 spiro atoms. The molecule has 6 nitrogen and oxygen atoms in total. The molecule has 0 bridgehead atoms. The number of benzene rings is 2. The van der Waals surface area contributed by atoms with E-state index in [4.69, 9.17) is 11.2 Å². The second-order valence-electron chi connectivity index (χ2n) is 6.51. The molecule has 1 amide bonds. The highest BCUT2D eigenvalue weighted by Gasteiger charge is 2.08. The average molecular weight is 393 g/mol. The van der Waals surface area contributed by atoms with E-state index in [1.165, 1.54) is 0 Å². The number of ether oxygens (including phenoxy) is 1. The first-order chi connectivity index (χ1) is 14.0. The lowest BCUT2D eigenvalue weighted by Gasteiger charge is -2.15. The van der Waals surface area contributed by atoms with E-state index >= 15 is 0 Å². The zero-order valence-electron chi connectivity index (χ0n) is 17.2. The van der Waals surface area contributed by atoms with E-state index in [9.17, 15) is 4.79 Å². The number of terminal acetylenes is 1. The Bertz CT molecular complexity index is 900. The van der Waals surface area contributed by atoms with Crippen LogP contribution in [0.4, 0.5) is 5.69 Å². The molecule has 0 aliphatic rings. The van der Waals surface area contributed by atoms with E-state index in [1.807, 2.05) is 31.2 Å². The van der Waals surface area contributed by atoms with Gasteiger partial charge in [0.15, 0.2) is 5.96 Å². The van der Waals surface area contributed by atoms with Crippen molar-refractivity contribution >= 4 is 17.6 Å². The second-order valence-corrected chi connectivity index (χ2v) is 6.51. The molecule has 0 unspecified atom stereocenters. The molecule has 0 heterocycles. The number of carbonyl (C=O) groups excluding carboxylic acids is 1. The highest BCUT2D eigenvalue weighted by molar-refractivity contribution is 5.95. The second kappa shape index (κ2) is 11.4. The van der Waals surface area contributed by atoms with Crippen molar-refractivity contribution in [2.24, 2.45) is 4.99 Å². The monoisotopic (exact) mass is 392 g/mol. The minimum absolute atomic E-state index is 0.0764. The van der Waals surface area contributed by atoms with Crippen LogP contribution in [0.2, 0.25) is 0 Å². The maximum Gasteiger partial charge on any atom is 0.243 e. The number of carbonyl (C=O) groups is 1. The van der Waals surface area contributed by atoms with Crippen molar-refractivity contribution in [2.75, 3.05) is 25.5 Å². The molecule has 29 heavy (non-hydrogen) atoms. The predicted molar refractivity (Wildman–Crippen MR) is 118 cm³/mol. The third-order valence-corrected chi connectivity index (χ3v) is 4.08. The normalized spacial score (nSPS) is 10.8. The number of hydrogen-bond donors (Lipinski definition) is 3. The molecular formula is C23H28N4O2. The highest BCUT2D eigenvalue weighted by Crippen LogP contribution is 2.20. The van der Waals surface area contributed by atoms with E-state index in [1.54, 1.807) is 25.2 Å². The van der Waals surface area contributed by atoms with Crippen molar-refractivity contribution in [1.29, 1.82) is 0 Å². The molecule has 0 atom stereocenters. The number of hydrogen-bond acceptors (Lipinski definition) is 3. The number of amides is 1. The van der Waals surface area contributed by atoms with Gasteiger partial charge in [0.2, 0.25) is 5.91 Å². The number of anilines is 1. The Hall–Kier alpha value is -3.46. The Balaban J connectivity index is 1.88. The summed E-state index contributed by atoms with van der Waals surface area (Å²) in [5, 5.41) is 9.03. The third kappa shape index (κ3) is 7.23. The Morgan fingerprint density at radius 2 is 2.03 bits per heavy atom. The van der Waals surface area contributed by atoms with Crippen LogP contribution in [0.25, 0.3) is 0 Å². The molecule has 0 radical (unpaired) electrons. The smallest absolute Gasteiger partial charge is 0.243 e. The summed E-state index contributed by atoms with van der Waals surface area (Å²) in [7, 11) is 1.66. The van der Waals surface area contributed by atoms with Crippen molar-refractivity contribution in [3.05, 3.63) is 59.2 Å². The fraction of sp³-hybridized carbons (Fsp3) is 0.304. The van der Waals surface area contributed by atoms with Gasteiger partial charge in [0, 0.05) is 30.4 Å². The molecule has 2 rings (SSSR count). The Morgan fingerprint density at radius 3 is 2.76 bits per heavy atom. The average Bonchev–Trinajstić information content (AvgIpc) is 2.73. The van der Waals surface area contributed by atoms with E-state index < -0.39 is 0 Å². The fourth-order valence-electron chi connectivity index (χ4n) is 2.61. The quantitative estimate of drug-likeness (QED) is 0.367. The number of rotatable bonds is 8. The van der Waals surface area contributed by atoms with Crippen LogP contribution in [0, 0.1) is 19.3 Å².